The van der Waals surface area contributed by atoms with Gasteiger partial charge in [0.25, 0.3) is 13.9 Å². The van der Waals surface area contributed by atoms with E-state index < -0.39 is 55.7 Å². The fourth-order valence-electron chi connectivity index (χ4n) is 7.19. The summed E-state index contributed by atoms with van der Waals surface area (Å²) in [6, 6.07) is 28.3. The van der Waals surface area contributed by atoms with E-state index in [0.29, 0.717) is 5.56 Å². The van der Waals surface area contributed by atoms with Crippen LogP contribution in [0.5, 0.6) is 0 Å². The van der Waals surface area contributed by atoms with Gasteiger partial charge in [0.2, 0.25) is 0 Å². The number of aromatic nitrogens is 2. The maximum atomic E-state index is 13.0. The lowest BCUT2D eigenvalue weighted by Gasteiger charge is -2.43. The highest BCUT2D eigenvalue weighted by Crippen LogP contribution is 2.54. The molecule has 246 valence electrons. The van der Waals surface area contributed by atoms with E-state index in [1.165, 1.54) is 17.7 Å². The second-order valence-corrected chi connectivity index (χ2v) is 18.5. The van der Waals surface area contributed by atoms with Gasteiger partial charge in [-0.2, -0.15) is 0 Å². The molecule has 0 amide bonds. The van der Waals surface area contributed by atoms with E-state index in [9.17, 15) is 14.4 Å². The van der Waals surface area contributed by atoms with Crippen molar-refractivity contribution in [2.24, 2.45) is 0 Å². The van der Waals surface area contributed by atoms with Crippen LogP contribution in [-0.4, -0.2) is 48.8 Å². The fraction of sp³-hybridized carbons (Fsp3) is 0.361. The number of rotatable bonds is 8. The summed E-state index contributed by atoms with van der Waals surface area (Å²) < 4.78 is 29.2. The zero-order valence-electron chi connectivity index (χ0n) is 27.1. The Hall–Kier alpha value is -3.61. The lowest BCUT2D eigenvalue weighted by atomic mass is 9.86. The number of esters is 1. The number of nitrogens with zero attached hydrogens (tertiary/aromatic N) is 1. The molecule has 3 heterocycles. The van der Waals surface area contributed by atoms with E-state index in [0.717, 1.165) is 20.4 Å². The van der Waals surface area contributed by atoms with Crippen LogP contribution in [0.2, 0.25) is 5.04 Å². The van der Waals surface area contributed by atoms with Crippen LogP contribution in [-0.2, 0) is 29.0 Å². The van der Waals surface area contributed by atoms with Crippen molar-refractivity contribution in [1.29, 1.82) is 0 Å². The van der Waals surface area contributed by atoms with Gasteiger partial charge < -0.3 is 18.6 Å². The first-order chi connectivity index (χ1) is 22.4. The number of carbonyl (C=O) groups is 1. The first-order valence-electron chi connectivity index (χ1n) is 15.7. The predicted octanol–water partition coefficient (Wildman–Crippen LogP) is 4.70. The number of fused-ring (bicyclic) bond motifs is 1. The Balaban J connectivity index is 1.44. The summed E-state index contributed by atoms with van der Waals surface area (Å²) in [5.41, 5.74) is -0.974. The molecule has 4 aromatic rings. The Kier molecular flexibility index (Phi) is 9.05. The van der Waals surface area contributed by atoms with Gasteiger partial charge in [-0.3, -0.25) is 19.1 Å². The van der Waals surface area contributed by atoms with E-state index in [-0.39, 0.29) is 18.1 Å². The van der Waals surface area contributed by atoms with Crippen molar-refractivity contribution in [1.82, 2.24) is 9.55 Å². The molecule has 11 heteroatoms. The van der Waals surface area contributed by atoms with E-state index in [1.54, 1.807) is 6.92 Å². The molecule has 6 rings (SSSR count). The van der Waals surface area contributed by atoms with Gasteiger partial charge in [-0.1, -0.05) is 109 Å². The van der Waals surface area contributed by atoms with Gasteiger partial charge in [0, 0.05) is 29.6 Å². The van der Waals surface area contributed by atoms with Crippen LogP contribution in [0.25, 0.3) is 0 Å². The van der Waals surface area contributed by atoms with Crippen LogP contribution in [0, 0.1) is 6.92 Å². The molecular formula is C36H39BrN2O7Si. The number of ether oxygens (including phenoxy) is 3. The number of benzene rings is 3. The van der Waals surface area contributed by atoms with Crippen molar-refractivity contribution in [2.75, 3.05) is 6.61 Å². The molecular weight excluding hydrogens is 680 g/mol. The molecule has 2 saturated heterocycles. The fourth-order valence-corrected chi connectivity index (χ4v) is 12.2. The molecule has 9 nitrogen and oxygen atoms in total. The third kappa shape index (κ3) is 6.00. The van der Waals surface area contributed by atoms with Gasteiger partial charge in [-0.15, -0.1) is 0 Å². The number of hydrogen-bond donors (Lipinski definition) is 1. The summed E-state index contributed by atoms with van der Waals surface area (Å²) >= 11 is 3.60. The van der Waals surface area contributed by atoms with Crippen molar-refractivity contribution in [2.45, 2.75) is 76.2 Å². The highest BCUT2D eigenvalue weighted by atomic mass is 79.9. The number of nitrogens with one attached hydrogen (secondary N) is 1. The van der Waals surface area contributed by atoms with Gasteiger partial charge >= 0.3 is 11.7 Å². The van der Waals surface area contributed by atoms with Crippen LogP contribution >= 0.6 is 15.9 Å². The summed E-state index contributed by atoms with van der Waals surface area (Å²) in [5, 5.41) is 1.95. The van der Waals surface area contributed by atoms with Crippen molar-refractivity contribution >= 4 is 40.6 Å². The van der Waals surface area contributed by atoms with E-state index in [1.807, 2.05) is 60.7 Å². The van der Waals surface area contributed by atoms with Gasteiger partial charge in [-0.25, -0.2) is 4.79 Å². The van der Waals surface area contributed by atoms with E-state index in [4.69, 9.17) is 18.6 Å². The number of H-pyrrole nitrogens is 1. The molecule has 0 saturated carbocycles. The van der Waals surface area contributed by atoms with Gasteiger partial charge in [0.05, 0.1) is 6.61 Å². The minimum Gasteiger partial charge on any atom is -0.457 e. The molecule has 5 atom stereocenters. The molecule has 1 aromatic heterocycles. The largest absolute Gasteiger partial charge is 0.457 e. The minimum atomic E-state index is -2.97. The molecule has 0 spiro atoms. The van der Waals surface area contributed by atoms with Crippen molar-refractivity contribution in [3.63, 3.8) is 0 Å². The number of aromatic amines is 1. The van der Waals surface area contributed by atoms with Crippen LogP contribution in [0.1, 0.15) is 51.5 Å². The smallest absolute Gasteiger partial charge is 0.330 e. The first-order valence-corrected chi connectivity index (χ1v) is 18.4. The highest BCUT2D eigenvalue weighted by Gasteiger charge is 2.64. The van der Waals surface area contributed by atoms with Gasteiger partial charge in [-0.05, 0) is 40.0 Å². The highest BCUT2D eigenvalue weighted by molar-refractivity contribution is 9.10. The molecule has 2 aliphatic rings. The average Bonchev–Trinajstić information content (AvgIpc) is 3.54. The number of aryl methyl sites for hydroxylation is 1. The maximum Gasteiger partial charge on any atom is 0.330 e. The topological polar surface area (TPSA) is 109 Å². The SMILES string of the molecule is CC(=O)O[C@H]1[C@H]2O[C@H](n3cc(C)c(=O)[nH]c3=O)C[C@@]2(c2cccc(Br)c2)O[C@@H]1CO[Si](c1ccccc1)(c1ccccc1)C(C)(C)C. The van der Waals surface area contributed by atoms with Crippen LogP contribution in [0.4, 0.5) is 0 Å². The molecule has 0 unspecified atom stereocenters. The maximum absolute atomic E-state index is 13.0. The number of hydrogen-bond acceptors (Lipinski definition) is 7. The molecule has 1 N–H and O–H groups in total. The van der Waals surface area contributed by atoms with E-state index in [2.05, 4.69) is 66.0 Å². The van der Waals surface area contributed by atoms with Crippen LogP contribution in [0.15, 0.2) is 105 Å². The quantitative estimate of drug-likeness (QED) is 0.208. The summed E-state index contributed by atoms with van der Waals surface area (Å²) in [5.74, 6) is -0.483. The molecule has 2 fully saturated rings. The Morgan fingerprint density at radius 3 is 2.23 bits per heavy atom. The monoisotopic (exact) mass is 718 g/mol. The zero-order chi connectivity index (χ0) is 33.6. The normalized spacial score (nSPS) is 24.2. The number of carbonyl (C=O) groups excluding carboxylic acids is 1. The van der Waals surface area contributed by atoms with Gasteiger partial charge in [0.1, 0.15) is 24.0 Å². The standard InChI is InChI=1S/C36H39BrN2O7Si/c1-23-21-39(34(42)38-33(23)41)30-20-36(25-13-12-14-26(37)19-25)32(45-30)31(44-24(2)40)29(46-36)22-43-47(35(3,4)5,27-15-8-6-9-16-27)28-17-10-7-11-18-28/h6-19,21,29-32H,20,22H2,1-5H3,(H,38,41,42)/t29-,30+,31-,32-,36+/m1/s1. The molecule has 0 bridgehead atoms. The minimum absolute atomic E-state index is 0.128. The Labute approximate surface area is 283 Å². The Morgan fingerprint density at radius 1 is 1.02 bits per heavy atom. The van der Waals surface area contributed by atoms with Crippen LogP contribution in [0.3, 0.4) is 0 Å². The number of halogens is 1. The Bertz CT molecular complexity index is 1830. The molecule has 3 aromatic carbocycles. The molecule has 47 heavy (non-hydrogen) atoms. The predicted molar refractivity (Wildman–Crippen MR) is 184 cm³/mol. The van der Waals surface area contributed by atoms with E-state index >= 15 is 0 Å². The second-order valence-electron chi connectivity index (χ2n) is 13.3. The summed E-state index contributed by atoms with van der Waals surface area (Å²) in [7, 11) is -2.97. The molecule has 2 aliphatic heterocycles. The third-order valence-corrected chi connectivity index (χ3v) is 14.7. The van der Waals surface area contributed by atoms with Crippen molar-refractivity contribution in [3.8, 4) is 0 Å². The van der Waals surface area contributed by atoms with Crippen LogP contribution < -0.4 is 21.6 Å². The van der Waals surface area contributed by atoms with Gasteiger partial charge in [0.15, 0.2) is 6.10 Å². The van der Waals surface area contributed by atoms with Crippen molar-refractivity contribution in [3.05, 3.63) is 128 Å². The summed E-state index contributed by atoms with van der Waals surface area (Å²) in [6.45, 7) is 9.73. The lowest BCUT2D eigenvalue weighted by molar-refractivity contribution is -0.159. The summed E-state index contributed by atoms with van der Waals surface area (Å²) in [4.78, 5) is 40.2. The second kappa shape index (κ2) is 12.8. The molecule has 0 radical (unpaired) electrons. The summed E-state index contributed by atoms with van der Waals surface area (Å²) in [6.07, 6.45) is -1.40. The molecule has 0 aliphatic carbocycles. The third-order valence-electron chi connectivity index (χ3n) is 9.22. The first kappa shape index (κ1) is 33.3. The Morgan fingerprint density at radius 2 is 1.66 bits per heavy atom. The zero-order valence-corrected chi connectivity index (χ0v) is 29.7. The lowest BCUT2D eigenvalue weighted by Crippen LogP contribution is -2.67. The van der Waals surface area contributed by atoms with Crippen molar-refractivity contribution < 1.29 is 23.4 Å². The average molecular weight is 720 g/mol.